The minimum atomic E-state index is -0.730. The van der Waals surface area contributed by atoms with Crippen molar-refractivity contribution in [3.63, 3.8) is 0 Å². The number of nitrogens with two attached hydrogens (primary N) is 1. The number of aryl methyl sites for hydroxylation is 1. The SMILES string of the molecule is CCCCc1cc2cc(CCOC(N)=O)ccc2o1. The van der Waals surface area contributed by atoms with Crippen LogP contribution in [0.1, 0.15) is 31.1 Å². The number of fused-ring (bicyclic) bond motifs is 1. The molecule has 0 saturated carbocycles. The summed E-state index contributed by atoms with van der Waals surface area (Å²) in [6, 6.07) is 8.10. The molecule has 1 aromatic heterocycles. The van der Waals surface area contributed by atoms with Gasteiger partial charge < -0.3 is 14.9 Å². The van der Waals surface area contributed by atoms with Crippen molar-refractivity contribution in [3.8, 4) is 0 Å². The molecule has 2 aromatic rings. The van der Waals surface area contributed by atoms with Gasteiger partial charge in [-0.25, -0.2) is 4.79 Å². The van der Waals surface area contributed by atoms with Crippen LogP contribution in [0.4, 0.5) is 4.79 Å². The number of amides is 1. The molecule has 19 heavy (non-hydrogen) atoms. The highest BCUT2D eigenvalue weighted by Crippen LogP contribution is 2.22. The zero-order valence-corrected chi connectivity index (χ0v) is 11.1. The fraction of sp³-hybridized carbons (Fsp3) is 0.400. The van der Waals surface area contributed by atoms with Gasteiger partial charge in [0.2, 0.25) is 0 Å². The lowest BCUT2D eigenvalue weighted by atomic mass is 10.1. The van der Waals surface area contributed by atoms with Crippen LogP contribution >= 0.6 is 0 Å². The molecule has 2 rings (SSSR count). The molecule has 102 valence electrons. The Bertz CT molecular complexity index is 560. The Morgan fingerprint density at radius 1 is 1.32 bits per heavy atom. The Morgan fingerprint density at radius 2 is 2.16 bits per heavy atom. The number of ether oxygens (including phenoxy) is 1. The number of unbranched alkanes of at least 4 members (excludes halogenated alkanes) is 1. The molecule has 2 N–H and O–H groups in total. The second-order valence-corrected chi connectivity index (χ2v) is 4.61. The number of benzene rings is 1. The van der Waals surface area contributed by atoms with E-state index in [4.69, 9.17) is 14.9 Å². The van der Waals surface area contributed by atoms with Crippen molar-refractivity contribution in [1.29, 1.82) is 0 Å². The predicted octanol–water partition coefficient (Wildman–Crippen LogP) is 3.41. The van der Waals surface area contributed by atoms with Crippen molar-refractivity contribution in [2.45, 2.75) is 32.6 Å². The van der Waals surface area contributed by atoms with Gasteiger partial charge in [0.05, 0.1) is 6.61 Å². The molecule has 0 spiro atoms. The second-order valence-electron chi connectivity index (χ2n) is 4.61. The maximum Gasteiger partial charge on any atom is 0.404 e. The molecule has 4 heteroatoms. The van der Waals surface area contributed by atoms with Crippen molar-refractivity contribution < 1.29 is 13.9 Å². The minimum absolute atomic E-state index is 0.307. The van der Waals surface area contributed by atoms with E-state index in [1.165, 1.54) is 0 Å². The molecule has 1 amide bonds. The first-order chi connectivity index (χ1) is 9.19. The molecule has 0 bridgehead atoms. The Balaban J connectivity index is 2.04. The Hall–Kier alpha value is -1.97. The number of rotatable bonds is 6. The average molecular weight is 261 g/mol. The topological polar surface area (TPSA) is 65.5 Å². The summed E-state index contributed by atoms with van der Waals surface area (Å²) in [6.45, 7) is 2.47. The Kier molecular flexibility index (Phi) is 4.44. The molecule has 1 heterocycles. The van der Waals surface area contributed by atoms with Gasteiger partial charge in [-0.1, -0.05) is 19.4 Å². The molecule has 1 aromatic carbocycles. The zero-order chi connectivity index (χ0) is 13.7. The summed E-state index contributed by atoms with van der Waals surface area (Å²) in [5, 5.41) is 1.10. The fourth-order valence-corrected chi connectivity index (χ4v) is 2.05. The van der Waals surface area contributed by atoms with Gasteiger partial charge in [0.15, 0.2) is 0 Å². The highest BCUT2D eigenvalue weighted by molar-refractivity contribution is 5.78. The first-order valence-electron chi connectivity index (χ1n) is 6.62. The normalized spacial score (nSPS) is 10.8. The van der Waals surface area contributed by atoms with Crippen LogP contribution in [0.25, 0.3) is 11.0 Å². The maximum atomic E-state index is 10.5. The molecule has 0 aliphatic heterocycles. The van der Waals surface area contributed by atoms with Crippen molar-refractivity contribution >= 4 is 17.1 Å². The van der Waals surface area contributed by atoms with Crippen LogP contribution in [0.15, 0.2) is 28.7 Å². The van der Waals surface area contributed by atoms with Gasteiger partial charge in [-0.3, -0.25) is 0 Å². The van der Waals surface area contributed by atoms with Crippen LogP contribution in [0.5, 0.6) is 0 Å². The van der Waals surface area contributed by atoms with E-state index in [1.807, 2.05) is 12.1 Å². The van der Waals surface area contributed by atoms with Crippen molar-refractivity contribution in [2.24, 2.45) is 5.73 Å². The smallest absolute Gasteiger partial charge is 0.404 e. The van der Waals surface area contributed by atoms with E-state index in [1.54, 1.807) is 0 Å². The van der Waals surface area contributed by atoms with Crippen LogP contribution in [-0.2, 0) is 17.6 Å². The highest BCUT2D eigenvalue weighted by Gasteiger charge is 2.05. The molecular weight excluding hydrogens is 242 g/mol. The molecule has 0 atom stereocenters. The van der Waals surface area contributed by atoms with Crippen LogP contribution in [-0.4, -0.2) is 12.7 Å². The third-order valence-corrected chi connectivity index (χ3v) is 3.04. The quantitative estimate of drug-likeness (QED) is 0.866. The number of carbonyl (C=O) groups excluding carboxylic acids is 1. The third kappa shape index (κ3) is 3.74. The summed E-state index contributed by atoms with van der Waals surface area (Å²) in [6.07, 6.45) is 3.21. The largest absolute Gasteiger partial charge is 0.461 e. The van der Waals surface area contributed by atoms with Crippen LogP contribution < -0.4 is 5.73 Å². The predicted molar refractivity (Wildman–Crippen MR) is 74.1 cm³/mol. The van der Waals surface area contributed by atoms with Gasteiger partial charge >= 0.3 is 6.09 Å². The van der Waals surface area contributed by atoms with E-state index < -0.39 is 6.09 Å². The summed E-state index contributed by atoms with van der Waals surface area (Å²) in [5.41, 5.74) is 6.94. The van der Waals surface area contributed by atoms with Gasteiger partial charge in [-0.2, -0.15) is 0 Å². The number of primary amides is 1. The fourth-order valence-electron chi connectivity index (χ4n) is 2.05. The van der Waals surface area contributed by atoms with E-state index in [9.17, 15) is 4.79 Å². The van der Waals surface area contributed by atoms with E-state index in [-0.39, 0.29) is 0 Å². The first-order valence-corrected chi connectivity index (χ1v) is 6.62. The summed E-state index contributed by atoms with van der Waals surface area (Å²) in [4.78, 5) is 10.5. The summed E-state index contributed by atoms with van der Waals surface area (Å²) in [7, 11) is 0. The van der Waals surface area contributed by atoms with Gasteiger partial charge in [-0.15, -0.1) is 0 Å². The number of hydrogen-bond donors (Lipinski definition) is 1. The minimum Gasteiger partial charge on any atom is -0.461 e. The van der Waals surface area contributed by atoms with Gasteiger partial charge in [0, 0.05) is 18.2 Å². The van der Waals surface area contributed by atoms with Crippen molar-refractivity contribution in [2.75, 3.05) is 6.61 Å². The third-order valence-electron chi connectivity index (χ3n) is 3.04. The second kappa shape index (κ2) is 6.27. The average Bonchev–Trinajstić information content (AvgIpc) is 2.78. The van der Waals surface area contributed by atoms with Crippen LogP contribution in [0.3, 0.4) is 0 Å². The van der Waals surface area contributed by atoms with Crippen molar-refractivity contribution in [1.82, 2.24) is 0 Å². The molecule has 4 nitrogen and oxygen atoms in total. The lowest BCUT2D eigenvalue weighted by Gasteiger charge is -2.01. The van der Waals surface area contributed by atoms with E-state index in [2.05, 4.69) is 19.1 Å². The van der Waals surface area contributed by atoms with E-state index in [0.29, 0.717) is 13.0 Å². The van der Waals surface area contributed by atoms with Crippen molar-refractivity contribution in [3.05, 3.63) is 35.6 Å². The van der Waals surface area contributed by atoms with Crippen LogP contribution in [0.2, 0.25) is 0 Å². The lowest BCUT2D eigenvalue weighted by Crippen LogP contribution is -2.14. The van der Waals surface area contributed by atoms with Gasteiger partial charge in [0.1, 0.15) is 11.3 Å². The number of furan rings is 1. The molecule has 0 aliphatic carbocycles. The van der Waals surface area contributed by atoms with Gasteiger partial charge in [0.25, 0.3) is 0 Å². The standard InChI is InChI=1S/C15H19NO3/c1-2-3-4-13-10-12-9-11(5-6-14(12)19-13)7-8-18-15(16)17/h5-6,9-10H,2-4,7-8H2,1H3,(H2,16,17). The molecule has 0 unspecified atom stereocenters. The summed E-state index contributed by atoms with van der Waals surface area (Å²) in [5.74, 6) is 1.03. The zero-order valence-electron chi connectivity index (χ0n) is 11.1. The Morgan fingerprint density at radius 3 is 2.89 bits per heavy atom. The van der Waals surface area contributed by atoms with Crippen LogP contribution in [0, 0.1) is 0 Å². The molecule has 0 radical (unpaired) electrons. The van der Waals surface area contributed by atoms with E-state index >= 15 is 0 Å². The number of carbonyl (C=O) groups is 1. The monoisotopic (exact) mass is 261 g/mol. The molecule has 0 fully saturated rings. The maximum absolute atomic E-state index is 10.5. The molecular formula is C15H19NO3. The number of hydrogen-bond acceptors (Lipinski definition) is 3. The highest BCUT2D eigenvalue weighted by atomic mass is 16.5. The summed E-state index contributed by atoms with van der Waals surface area (Å²) >= 11 is 0. The Labute approximate surface area is 112 Å². The first kappa shape index (κ1) is 13.5. The van der Waals surface area contributed by atoms with Gasteiger partial charge in [-0.05, 0) is 30.2 Å². The summed E-state index contributed by atoms with van der Waals surface area (Å²) < 4.78 is 10.5. The molecule has 0 aliphatic rings. The molecule has 0 saturated heterocycles. The van der Waals surface area contributed by atoms with E-state index in [0.717, 1.165) is 41.6 Å². The lowest BCUT2D eigenvalue weighted by molar-refractivity contribution is 0.158.